The molecule has 6 nitrogen and oxygen atoms in total. The molecule has 0 bridgehead atoms. The van der Waals surface area contributed by atoms with Crippen LogP contribution in [0.25, 0.3) is 0 Å². The third kappa shape index (κ3) is 3.70. The zero-order chi connectivity index (χ0) is 17.1. The van der Waals surface area contributed by atoms with Crippen LogP contribution in [-0.2, 0) is 17.9 Å². The average Bonchev–Trinajstić information content (AvgIpc) is 2.68. The fourth-order valence-electron chi connectivity index (χ4n) is 3.33. The third-order valence-electron chi connectivity index (χ3n) is 4.70. The molecule has 0 spiro atoms. The summed E-state index contributed by atoms with van der Waals surface area (Å²) < 4.78 is 16.1. The molecule has 0 saturated carbocycles. The lowest BCUT2D eigenvalue weighted by atomic mass is 10.1. The molecule has 132 valence electrons. The molecule has 2 aliphatic heterocycles. The van der Waals surface area contributed by atoms with Crippen LogP contribution in [0.5, 0.6) is 11.6 Å². The summed E-state index contributed by atoms with van der Waals surface area (Å²) in [4.78, 5) is 9.32. The van der Waals surface area contributed by atoms with Crippen LogP contribution in [0.3, 0.4) is 0 Å². The Balaban J connectivity index is 1.36. The Hall–Kier alpha value is -2.31. The van der Waals surface area contributed by atoms with E-state index in [0.717, 1.165) is 49.9 Å². The zero-order valence-electron chi connectivity index (χ0n) is 14.5. The highest BCUT2D eigenvalue weighted by Crippen LogP contribution is 2.25. The van der Waals surface area contributed by atoms with E-state index in [2.05, 4.69) is 33.0 Å². The summed E-state index contributed by atoms with van der Waals surface area (Å²) in [5.41, 5.74) is 2.45. The number of nitrogens with zero attached hydrogens (tertiary/aromatic N) is 3. The van der Waals surface area contributed by atoms with Crippen molar-refractivity contribution in [3.8, 4) is 11.6 Å². The number of methoxy groups -OCH3 is 1. The molecule has 0 atom stereocenters. The van der Waals surface area contributed by atoms with Gasteiger partial charge in [0.2, 0.25) is 5.88 Å². The van der Waals surface area contributed by atoms with E-state index >= 15 is 0 Å². The van der Waals surface area contributed by atoms with E-state index in [1.807, 2.05) is 18.2 Å². The lowest BCUT2D eigenvalue weighted by Crippen LogP contribution is -2.46. The van der Waals surface area contributed by atoms with E-state index in [9.17, 15) is 0 Å². The number of hydrogen-bond donors (Lipinski definition) is 0. The van der Waals surface area contributed by atoms with Crippen molar-refractivity contribution in [1.82, 2.24) is 9.88 Å². The number of aromatic nitrogens is 1. The Morgan fingerprint density at radius 2 is 2.00 bits per heavy atom. The maximum absolute atomic E-state index is 5.49. The number of benzene rings is 1. The summed E-state index contributed by atoms with van der Waals surface area (Å²) in [6.45, 7) is 5.92. The molecule has 2 aromatic rings. The minimum atomic E-state index is 0.354. The predicted octanol–water partition coefficient (Wildman–Crippen LogP) is 2.28. The van der Waals surface area contributed by atoms with Gasteiger partial charge in [-0.1, -0.05) is 12.1 Å². The topological polar surface area (TPSA) is 47.1 Å². The first-order chi connectivity index (χ1) is 12.3. The van der Waals surface area contributed by atoms with E-state index in [1.54, 1.807) is 7.11 Å². The molecular formula is C19H23N3O3. The molecule has 1 saturated heterocycles. The number of hydrogen-bond acceptors (Lipinski definition) is 6. The Bertz CT molecular complexity index is 730. The standard InChI is InChI=1S/C19H23N3O3/c1-23-19-4-2-3-18(20-19)22-9-7-21(8-10-22)12-15-5-6-17-16(11-15)13-24-14-25-17/h2-6,11H,7-10,12-14H2,1H3. The van der Waals surface area contributed by atoms with Crippen LogP contribution in [0.1, 0.15) is 11.1 Å². The maximum atomic E-state index is 5.49. The van der Waals surface area contributed by atoms with Gasteiger partial charge in [-0.2, -0.15) is 4.98 Å². The first-order valence-electron chi connectivity index (χ1n) is 8.62. The molecule has 25 heavy (non-hydrogen) atoms. The highest BCUT2D eigenvalue weighted by atomic mass is 16.7. The van der Waals surface area contributed by atoms with E-state index in [1.165, 1.54) is 5.56 Å². The smallest absolute Gasteiger partial charge is 0.214 e. The Kier molecular flexibility index (Phi) is 4.72. The van der Waals surface area contributed by atoms with Crippen molar-refractivity contribution >= 4 is 5.82 Å². The van der Waals surface area contributed by atoms with Gasteiger partial charge in [-0.25, -0.2) is 0 Å². The molecule has 1 aromatic carbocycles. The summed E-state index contributed by atoms with van der Waals surface area (Å²) in [5, 5.41) is 0. The summed E-state index contributed by atoms with van der Waals surface area (Å²) in [6.07, 6.45) is 0. The molecular weight excluding hydrogens is 318 g/mol. The lowest BCUT2D eigenvalue weighted by molar-refractivity contribution is -0.0164. The number of pyridine rings is 1. The Morgan fingerprint density at radius 1 is 1.12 bits per heavy atom. The van der Waals surface area contributed by atoms with Gasteiger partial charge in [0.1, 0.15) is 11.6 Å². The largest absolute Gasteiger partial charge is 0.481 e. The van der Waals surface area contributed by atoms with Crippen molar-refractivity contribution in [3.05, 3.63) is 47.5 Å². The van der Waals surface area contributed by atoms with Gasteiger partial charge >= 0.3 is 0 Å². The maximum Gasteiger partial charge on any atom is 0.214 e. The number of anilines is 1. The molecule has 0 aliphatic carbocycles. The van der Waals surface area contributed by atoms with Crippen molar-refractivity contribution in [2.45, 2.75) is 13.2 Å². The van der Waals surface area contributed by atoms with Crippen molar-refractivity contribution in [1.29, 1.82) is 0 Å². The lowest BCUT2D eigenvalue weighted by Gasteiger charge is -2.35. The molecule has 1 fully saturated rings. The van der Waals surface area contributed by atoms with Crippen molar-refractivity contribution in [3.63, 3.8) is 0 Å². The van der Waals surface area contributed by atoms with E-state index < -0.39 is 0 Å². The number of rotatable bonds is 4. The van der Waals surface area contributed by atoms with Crippen LogP contribution in [0, 0.1) is 0 Å². The Morgan fingerprint density at radius 3 is 2.84 bits per heavy atom. The van der Waals surface area contributed by atoms with Gasteiger partial charge in [-0.05, 0) is 23.8 Å². The number of ether oxygens (including phenoxy) is 3. The molecule has 1 aromatic heterocycles. The molecule has 0 amide bonds. The molecule has 0 unspecified atom stereocenters. The average molecular weight is 341 g/mol. The van der Waals surface area contributed by atoms with Gasteiger partial charge in [0.15, 0.2) is 6.79 Å². The van der Waals surface area contributed by atoms with Crippen LogP contribution in [0.15, 0.2) is 36.4 Å². The molecule has 3 heterocycles. The van der Waals surface area contributed by atoms with Crippen LogP contribution in [0.4, 0.5) is 5.82 Å². The summed E-state index contributed by atoms with van der Waals surface area (Å²) >= 11 is 0. The molecule has 0 radical (unpaired) electrons. The van der Waals surface area contributed by atoms with Crippen LogP contribution < -0.4 is 14.4 Å². The second-order valence-electron chi connectivity index (χ2n) is 6.35. The van der Waals surface area contributed by atoms with Crippen molar-refractivity contribution in [2.24, 2.45) is 0 Å². The minimum absolute atomic E-state index is 0.354. The monoisotopic (exact) mass is 341 g/mol. The number of piperazine rings is 1. The molecule has 4 rings (SSSR count). The van der Waals surface area contributed by atoms with Gasteiger partial charge < -0.3 is 19.1 Å². The fraction of sp³-hybridized carbons (Fsp3) is 0.421. The third-order valence-corrected chi connectivity index (χ3v) is 4.70. The highest BCUT2D eigenvalue weighted by molar-refractivity contribution is 5.41. The van der Waals surface area contributed by atoms with Crippen molar-refractivity contribution in [2.75, 3.05) is 45.0 Å². The Labute approximate surface area is 147 Å². The molecule has 0 N–H and O–H groups in total. The zero-order valence-corrected chi connectivity index (χ0v) is 14.5. The SMILES string of the molecule is COc1cccc(N2CCN(Cc3ccc4c(c3)COCO4)CC2)n1. The summed E-state index contributed by atoms with van der Waals surface area (Å²) in [6, 6.07) is 12.3. The van der Waals surface area contributed by atoms with Gasteiger partial charge in [0.05, 0.1) is 13.7 Å². The van der Waals surface area contributed by atoms with E-state index in [-0.39, 0.29) is 0 Å². The van der Waals surface area contributed by atoms with Crippen LogP contribution >= 0.6 is 0 Å². The van der Waals surface area contributed by atoms with Gasteiger partial charge in [-0.15, -0.1) is 0 Å². The van der Waals surface area contributed by atoms with Gasteiger partial charge in [0.25, 0.3) is 0 Å². The van der Waals surface area contributed by atoms with E-state index in [0.29, 0.717) is 19.3 Å². The normalized spacial score (nSPS) is 17.7. The quantitative estimate of drug-likeness (QED) is 0.850. The molecule has 2 aliphatic rings. The van der Waals surface area contributed by atoms with Crippen LogP contribution in [-0.4, -0.2) is 50.0 Å². The number of fused-ring (bicyclic) bond motifs is 1. The second kappa shape index (κ2) is 7.29. The highest BCUT2D eigenvalue weighted by Gasteiger charge is 2.19. The van der Waals surface area contributed by atoms with Crippen LogP contribution in [0.2, 0.25) is 0 Å². The second-order valence-corrected chi connectivity index (χ2v) is 6.35. The fourth-order valence-corrected chi connectivity index (χ4v) is 3.33. The van der Waals surface area contributed by atoms with Gasteiger partial charge in [0, 0.05) is 44.4 Å². The first-order valence-corrected chi connectivity index (χ1v) is 8.62. The molecule has 6 heteroatoms. The van der Waals surface area contributed by atoms with Crippen molar-refractivity contribution < 1.29 is 14.2 Å². The first kappa shape index (κ1) is 16.2. The van der Waals surface area contributed by atoms with Gasteiger partial charge in [-0.3, -0.25) is 4.90 Å². The summed E-state index contributed by atoms with van der Waals surface area (Å²) in [5.74, 6) is 2.60. The summed E-state index contributed by atoms with van der Waals surface area (Å²) in [7, 11) is 1.65. The predicted molar refractivity (Wildman–Crippen MR) is 95.0 cm³/mol. The van der Waals surface area contributed by atoms with E-state index in [4.69, 9.17) is 14.2 Å². The minimum Gasteiger partial charge on any atom is -0.481 e.